The average molecular weight is 281 g/mol. The first kappa shape index (κ1) is 12.2. The third-order valence-electron chi connectivity index (χ3n) is 1.75. The highest BCUT2D eigenvalue weighted by Gasteiger charge is 2.08. The van der Waals surface area contributed by atoms with Crippen LogP contribution in [0.3, 0.4) is 0 Å². The van der Waals surface area contributed by atoms with Crippen LogP contribution in [0.2, 0.25) is 0 Å². The van der Waals surface area contributed by atoms with E-state index in [0.717, 1.165) is 5.56 Å². The summed E-state index contributed by atoms with van der Waals surface area (Å²) in [7, 11) is 1.47. The molecule has 84 valence electrons. The lowest BCUT2D eigenvalue weighted by Crippen LogP contribution is -2.07. The van der Waals surface area contributed by atoms with Crippen LogP contribution in [0.25, 0.3) is 0 Å². The fourth-order valence-electron chi connectivity index (χ4n) is 1.07. The number of alkyl halides is 3. The molecule has 15 heavy (non-hydrogen) atoms. The topological polar surface area (TPSA) is 18.5 Å². The predicted molar refractivity (Wildman–Crippen MR) is 57.1 cm³/mol. The molecule has 0 bridgehead atoms. The highest BCUT2D eigenvalue weighted by Crippen LogP contribution is 2.29. The first-order valence-electron chi connectivity index (χ1n) is 4.31. The lowest BCUT2D eigenvalue weighted by atomic mass is 10.2. The lowest BCUT2D eigenvalue weighted by Gasteiger charge is -2.11. The maximum atomic E-state index is 11.9. The van der Waals surface area contributed by atoms with Crippen LogP contribution in [0.1, 0.15) is 5.56 Å². The highest BCUT2D eigenvalue weighted by molar-refractivity contribution is 9.08. The maximum absolute atomic E-state index is 11.9. The molecule has 0 aromatic heterocycles. The van der Waals surface area contributed by atoms with Crippen molar-refractivity contribution in [2.45, 2.75) is 11.8 Å². The summed E-state index contributed by atoms with van der Waals surface area (Å²) in [5, 5.41) is 0.679. The highest BCUT2D eigenvalue weighted by atomic mass is 79.9. The van der Waals surface area contributed by atoms with E-state index in [1.54, 1.807) is 18.2 Å². The molecule has 0 atom stereocenters. The Balaban J connectivity index is 2.78. The number of rotatable bonds is 5. The van der Waals surface area contributed by atoms with Crippen molar-refractivity contribution in [2.24, 2.45) is 0 Å². The van der Waals surface area contributed by atoms with Gasteiger partial charge >= 0.3 is 0 Å². The Morgan fingerprint density at radius 3 is 2.60 bits per heavy atom. The molecule has 0 heterocycles. The van der Waals surface area contributed by atoms with Crippen LogP contribution in [-0.4, -0.2) is 20.1 Å². The molecule has 1 aromatic rings. The van der Waals surface area contributed by atoms with Crippen molar-refractivity contribution in [1.29, 1.82) is 0 Å². The van der Waals surface area contributed by atoms with Crippen molar-refractivity contribution in [2.75, 3.05) is 13.7 Å². The molecule has 0 saturated carbocycles. The van der Waals surface area contributed by atoms with E-state index in [9.17, 15) is 8.78 Å². The van der Waals surface area contributed by atoms with Gasteiger partial charge in [0.2, 0.25) is 0 Å². The Labute approximate surface area is 95.3 Å². The fourth-order valence-corrected chi connectivity index (χ4v) is 1.42. The van der Waals surface area contributed by atoms with Crippen LogP contribution in [0.5, 0.6) is 11.5 Å². The summed E-state index contributed by atoms with van der Waals surface area (Å²) >= 11 is 3.29. The van der Waals surface area contributed by atoms with E-state index < -0.39 is 13.0 Å². The van der Waals surface area contributed by atoms with Gasteiger partial charge in [0.25, 0.3) is 6.43 Å². The number of hydrogen-bond acceptors (Lipinski definition) is 2. The van der Waals surface area contributed by atoms with Crippen LogP contribution in [0.4, 0.5) is 8.78 Å². The molecule has 0 spiro atoms. The van der Waals surface area contributed by atoms with E-state index >= 15 is 0 Å². The van der Waals surface area contributed by atoms with E-state index in [4.69, 9.17) is 9.47 Å². The van der Waals surface area contributed by atoms with Crippen LogP contribution in [0, 0.1) is 0 Å². The summed E-state index contributed by atoms with van der Waals surface area (Å²) in [5.74, 6) is 0.801. The molecular formula is C10H11BrF2O2. The monoisotopic (exact) mass is 280 g/mol. The second-order valence-electron chi connectivity index (χ2n) is 2.82. The predicted octanol–water partition coefficient (Wildman–Crippen LogP) is 3.23. The summed E-state index contributed by atoms with van der Waals surface area (Å²) in [4.78, 5) is 0. The third kappa shape index (κ3) is 3.66. The average Bonchev–Trinajstić information content (AvgIpc) is 2.25. The molecule has 0 fully saturated rings. The van der Waals surface area contributed by atoms with Gasteiger partial charge in [-0.1, -0.05) is 22.0 Å². The molecule has 0 aliphatic heterocycles. The number of benzene rings is 1. The molecule has 0 radical (unpaired) electrons. The van der Waals surface area contributed by atoms with Crippen molar-refractivity contribution in [3.05, 3.63) is 23.8 Å². The van der Waals surface area contributed by atoms with Gasteiger partial charge in [-0.15, -0.1) is 0 Å². The largest absolute Gasteiger partial charge is 0.493 e. The van der Waals surface area contributed by atoms with Gasteiger partial charge in [-0.2, -0.15) is 0 Å². The molecule has 0 N–H and O–H groups in total. The first-order chi connectivity index (χ1) is 7.17. The van der Waals surface area contributed by atoms with E-state index in [0.29, 0.717) is 16.8 Å². The normalized spacial score (nSPS) is 10.5. The van der Waals surface area contributed by atoms with Crippen molar-refractivity contribution in [3.8, 4) is 11.5 Å². The molecule has 1 aromatic carbocycles. The fraction of sp³-hybridized carbons (Fsp3) is 0.400. The van der Waals surface area contributed by atoms with Crippen LogP contribution < -0.4 is 9.47 Å². The second kappa shape index (κ2) is 5.90. The Morgan fingerprint density at radius 2 is 2.07 bits per heavy atom. The summed E-state index contributed by atoms with van der Waals surface area (Å²) in [6.45, 7) is -0.621. The summed E-state index contributed by atoms with van der Waals surface area (Å²) in [6.07, 6.45) is -2.48. The molecule has 5 heteroatoms. The number of hydrogen-bond donors (Lipinski definition) is 0. The minimum atomic E-state index is -2.48. The molecule has 0 unspecified atom stereocenters. The second-order valence-corrected chi connectivity index (χ2v) is 3.38. The zero-order valence-corrected chi connectivity index (χ0v) is 9.76. The van der Waals surface area contributed by atoms with Crippen LogP contribution in [0.15, 0.2) is 18.2 Å². The zero-order chi connectivity index (χ0) is 11.3. The van der Waals surface area contributed by atoms with Gasteiger partial charge in [0.05, 0.1) is 7.11 Å². The quantitative estimate of drug-likeness (QED) is 0.771. The molecule has 1 rings (SSSR count). The van der Waals surface area contributed by atoms with E-state index in [1.165, 1.54) is 7.11 Å². The first-order valence-corrected chi connectivity index (χ1v) is 5.43. The summed E-state index contributed by atoms with van der Waals surface area (Å²) in [6, 6.07) is 5.16. The van der Waals surface area contributed by atoms with Gasteiger partial charge in [-0.25, -0.2) is 8.78 Å². The van der Waals surface area contributed by atoms with Crippen molar-refractivity contribution < 1.29 is 18.3 Å². The van der Waals surface area contributed by atoms with Crippen LogP contribution in [-0.2, 0) is 5.33 Å². The van der Waals surface area contributed by atoms with Crippen molar-refractivity contribution >= 4 is 15.9 Å². The molecule has 0 saturated heterocycles. The number of halogens is 3. The third-order valence-corrected chi connectivity index (χ3v) is 2.39. The Kier molecular flexibility index (Phi) is 4.81. The smallest absolute Gasteiger partial charge is 0.272 e. The van der Waals surface area contributed by atoms with Gasteiger partial charge in [-0.3, -0.25) is 0 Å². The Morgan fingerprint density at radius 1 is 1.33 bits per heavy atom. The molecule has 0 aliphatic carbocycles. The minimum Gasteiger partial charge on any atom is -0.493 e. The Hall–Kier alpha value is -0.840. The summed E-state index contributed by atoms with van der Waals surface area (Å²) in [5.41, 5.74) is 0.997. The van der Waals surface area contributed by atoms with Gasteiger partial charge < -0.3 is 9.47 Å². The number of methoxy groups -OCH3 is 1. The van der Waals surface area contributed by atoms with Gasteiger partial charge in [0, 0.05) is 5.33 Å². The van der Waals surface area contributed by atoms with E-state index in [-0.39, 0.29) is 0 Å². The zero-order valence-electron chi connectivity index (χ0n) is 8.17. The maximum Gasteiger partial charge on any atom is 0.272 e. The van der Waals surface area contributed by atoms with Gasteiger partial charge in [0.15, 0.2) is 11.5 Å². The number of ether oxygens (including phenoxy) is 2. The molecule has 2 nitrogen and oxygen atoms in total. The molecule has 0 aliphatic rings. The lowest BCUT2D eigenvalue weighted by molar-refractivity contribution is 0.0804. The van der Waals surface area contributed by atoms with Crippen molar-refractivity contribution in [1.82, 2.24) is 0 Å². The van der Waals surface area contributed by atoms with Gasteiger partial charge in [-0.05, 0) is 17.7 Å². The molecule has 0 amide bonds. The standard InChI is InChI=1S/C10H11BrF2O2/c1-14-9-4-7(5-11)2-3-8(9)15-6-10(12)13/h2-4,10H,5-6H2,1H3. The van der Waals surface area contributed by atoms with Crippen LogP contribution >= 0.6 is 15.9 Å². The van der Waals surface area contributed by atoms with Crippen molar-refractivity contribution in [3.63, 3.8) is 0 Å². The van der Waals surface area contributed by atoms with Gasteiger partial charge in [0.1, 0.15) is 6.61 Å². The van der Waals surface area contributed by atoms with E-state index in [2.05, 4.69) is 15.9 Å². The minimum absolute atomic E-state index is 0.336. The SMILES string of the molecule is COc1cc(CBr)ccc1OCC(F)F. The van der Waals surface area contributed by atoms with E-state index in [1.807, 2.05) is 0 Å². The Bertz CT molecular complexity index is 318. The molecular weight excluding hydrogens is 270 g/mol. The summed E-state index contributed by atoms with van der Waals surface area (Å²) < 4.78 is 33.8.